The quantitative estimate of drug-likeness (QED) is 0.603. The highest BCUT2D eigenvalue weighted by Crippen LogP contribution is 2.16. The Morgan fingerprint density at radius 2 is 2.50 bits per heavy atom. The fraction of sp³-hybridized carbons (Fsp3) is 0.875. The van der Waals surface area contributed by atoms with Gasteiger partial charge in [-0.15, -0.1) is 0 Å². The van der Waals surface area contributed by atoms with Crippen LogP contribution in [0.3, 0.4) is 0 Å². The van der Waals surface area contributed by atoms with E-state index in [-0.39, 0.29) is 24.8 Å². The number of hydrogen-bond donors (Lipinski definition) is 1. The number of esters is 1. The van der Waals surface area contributed by atoms with Crippen molar-refractivity contribution >= 4 is 5.97 Å². The highest BCUT2D eigenvalue weighted by Gasteiger charge is 2.23. The van der Waals surface area contributed by atoms with Crippen LogP contribution < -0.4 is 0 Å². The maximum Gasteiger partial charge on any atom is 0.302 e. The van der Waals surface area contributed by atoms with Gasteiger partial charge in [0, 0.05) is 19.8 Å². The number of carbonyl (C=O) groups excluding carboxylic acids is 1. The first kappa shape index (κ1) is 9.48. The number of rotatable bonds is 2. The van der Waals surface area contributed by atoms with Crippen molar-refractivity contribution in [2.45, 2.75) is 32.0 Å². The lowest BCUT2D eigenvalue weighted by Gasteiger charge is -2.27. The molecule has 4 nitrogen and oxygen atoms in total. The third-order valence-corrected chi connectivity index (χ3v) is 1.86. The lowest BCUT2D eigenvalue weighted by molar-refractivity contribution is -0.154. The van der Waals surface area contributed by atoms with E-state index in [1.165, 1.54) is 6.92 Å². The Morgan fingerprint density at radius 3 is 3.08 bits per heavy atom. The van der Waals surface area contributed by atoms with Gasteiger partial charge >= 0.3 is 5.97 Å². The van der Waals surface area contributed by atoms with Gasteiger partial charge in [-0.25, -0.2) is 0 Å². The summed E-state index contributed by atoms with van der Waals surface area (Å²) in [5.74, 6) is -0.265. The molecule has 1 N–H and O–H groups in total. The van der Waals surface area contributed by atoms with Crippen LogP contribution in [0, 0.1) is 0 Å². The molecule has 0 aromatic heterocycles. The van der Waals surface area contributed by atoms with E-state index in [9.17, 15) is 4.79 Å². The van der Waals surface area contributed by atoms with Crippen molar-refractivity contribution in [1.29, 1.82) is 0 Å². The van der Waals surface area contributed by atoms with Gasteiger partial charge < -0.3 is 14.6 Å². The van der Waals surface area contributed by atoms with Crippen molar-refractivity contribution in [1.82, 2.24) is 0 Å². The first-order valence-corrected chi connectivity index (χ1v) is 4.12. The summed E-state index contributed by atoms with van der Waals surface area (Å²) in [4.78, 5) is 10.6. The molecular formula is C8H14O4. The second kappa shape index (κ2) is 4.42. The molecule has 70 valence electrons. The summed E-state index contributed by atoms with van der Waals surface area (Å²) in [5.41, 5.74) is 0. The van der Waals surface area contributed by atoms with Crippen molar-refractivity contribution < 1.29 is 19.4 Å². The summed E-state index contributed by atoms with van der Waals surface area (Å²) in [5, 5.41) is 8.78. The van der Waals surface area contributed by atoms with E-state index >= 15 is 0 Å². The molecule has 2 atom stereocenters. The van der Waals surface area contributed by atoms with Crippen LogP contribution in [0.15, 0.2) is 0 Å². The van der Waals surface area contributed by atoms with Crippen LogP contribution in [0.4, 0.5) is 0 Å². The molecule has 1 aliphatic heterocycles. The zero-order valence-electron chi connectivity index (χ0n) is 7.16. The first-order chi connectivity index (χ1) is 5.72. The summed E-state index contributed by atoms with van der Waals surface area (Å²) in [6.07, 6.45) is 1.10. The first-order valence-electron chi connectivity index (χ1n) is 4.12. The van der Waals surface area contributed by atoms with Gasteiger partial charge in [0.1, 0.15) is 6.10 Å². The summed E-state index contributed by atoms with van der Waals surface area (Å²) in [6.45, 7) is 1.95. The highest BCUT2D eigenvalue weighted by molar-refractivity contribution is 5.66. The summed E-state index contributed by atoms with van der Waals surface area (Å²) in [6, 6.07) is 0. The van der Waals surface area contributed by atoms with Crippen LogP contribution in [0.1, 0.15) is 19.8 Å². The average Bonchev–Trinajstić information content (AvgIpc) is 2.03. The zero-order chi connectivity index (χ0) is 8.97. The molecule has 0 spiro atoms. The second-order valence-corrected chi connectivity index (χ2v) is 2.93. The number of aliphatic hydroxyl groups excluding tert-OH is 1. The molecule has 1 saturated heterocycles. The van der Waals surface area contributed by atoms with Crippen LogP contribution in [0.2, 0.25) is 0 Å². The van der Waals surface area contributed by atoms with E-state index in [0.29, 0.717) is 13.0 Å². The van der Waals surface area contributed by atoms with Crippen LogP contribution >= 0.6 is 0 Å². The lowest BCUT2D eigenvalue weighted by Crippen LogP contribution is -2.33. The Labute approximate surface area is 71.5 Å². The Bertz CT molecular complexity index is 157. The number of aliphatic hydroxyl groups is 1. The molecular weight excluding hydrogens is 160 g/mol. The Balaban J connectivity index is 2.30. The molecule has 1 fully saturated rings. The van der Waals surface area contributed by atoms with Gasteiger partial charge in [-0.05, 0) is 0 Å². The van der Waals surface area contributed by atoms with Crippen molar-refractivity contribution in [3.05, 3.63) is 0 Å². The van der Waals surface area contributed by atoms with E-state index in [0.717, 1.165) is 6.42 Å². The SMILES string of the molecule is CC(=O)OC1CCOC(CO)C1. The van der Waals surface area contributed by atoms with E-state index < -0.39 is 0 Å². The highest BCUT2D eigenvalue weighted by atomic mass is 16.6. The molecule has 1 aliphatic rings. The minimum atomic E-state index is -0.265. The number of ether oxygens (including phenoxy) is 2. The van der Waals surface area contributed by atoms with E-state index in [2.05, 4.69) is 0 Å². The van der Waals surface area contributed by atoms with Crippen LogP contribution in [-0.4, -0.2) is 36.5 Å². The van der Waals surface area contributed by atoms with Gasteiger partial charge in [-0.3, -0.25) is 4.79 Å². The zero-order valence-corrected chi connectivity index (χ0v) is 7.16. The average molecular weight is 174 g/mol. The summed E-state index contributed by atoms with van der Waals surface area (Å²) in [7, 11) is 0. The van der Waals surface area contributed by atoms with Gasteiger partial charge in [0.25, 0.3) is 0 Å². The van der Waals surface area contributed by atoms with E-state index in [1.807, 2.05) is 0 Å². The Kier molecular flexibility index (Phi) is 3.49. The van der Waals surface area contributed by atoms with Crippen LogP contribution in [0.5, 0.6) is 0 Å². The van der Waals surface area contributed by atoms with Crippen LogP contribution in [0.25, 0.3) is 0 Å². The normalized spacial score (nSPS) is 29.8. The molecule has 0 radical (unpaired) electrons. The smallest absolute Gasteiger partial charge is 0.302 e. The minimum Gasteiger partial charge on any atom is -0.462 e. The van der Waals surface area contributed by atoms with Gasteiger partial charge in [0.15, 0.2) is 0 Å². The predicted octanol–water partition coefficient (Wildman–Crippen LogP) is 0.0894. The Morgan fingerprint density at radius 1 is 1.75 bits per heavy atom. The second-order valence-electron chi connectivity index (χ2n) is 2.93. The third-order valence-electron chi connectivity index (χ3n) is 1.86. The summed E-state index contributed by atoms with van der Waals surface area (Å²) < 4.78 is 10.2. The maximum absolute atomic E-state index is 10.6. The molecule has 0 aliphatic carbocycles. The molecule has 0 amide bonds. The third kappa shape index (κ3) is 2.79. The topological polar surface area (TPSA) is 55.8 Å². The molecule has 2 unspecified atom stereocenters. The Hall–Kier alpha value is -0.610. The van der Waals surface area contributed by atoms with Crippen molar-refractivity contribution in [2.24, 2.45) is 0 Å². The van der Waals surface area contributed by atoms with Crippen molar-refractivity contribution in [2.75, 3.05) is 13.2 Å². The molecule has 1 heterocycles. The van der Waals surface area contributed by atoms with Crippen molar-refractivity contribution in [3.63, 3.8) is 0 Å². The van der Waals surface area contributed by atoms with Gasteiger partial charge in [-0.2, -0.15) is 0 Å². The predicted molar refractivity (Wildman–Crippen MR) is 41.6 cm³/mol. The lowest BCUT2D eigenvalue weighted by atomic mass is 10.1. The molecule has 0 aromatic carbocycles. The molecule has 4 heteroatoms. The number of hydrogen-bond acceptors (Lipinski definition) is 4. The minimum absolute atomic E-state index is 0.00222. The van der Waals surface area contributed by atoms with Crippen LogP contribution in [-0.2, 0) is 14.3 Å². The molecule has 0 aromatic rings. The molecule has 0 bridgehead atoms. The van der Waals surface area contributed by atoms with Gasteiger partial charge in [-0.1, -0.05) is 0 Å². The monoisotopic (exact) mass is 174 g/mol. The number of carbonyl (C=O) groups is 1. The molecule has 0 saturated carbocycles. The molecule has 12 heavy (non-hydrogen) atoms. The van der Waals surface area contributed by atoms with Gasteiger partial charge in [0.2, 0.25) is 0 Å². The standard InChI is InChI=1S/C8H14O4/c1-6(10)12-7-2-3-11-8(4-7)5-9/h7-9H,2-5H2,1H3. The maximum atomic E-state index is 10.6. The fourth-order valence-corrected chi connectivity index (χ4v) is 1.31. The fourth-order valence-electron chi connectivity index (χ4n) is 1.31. The summed E-state index contributed by atoms with van der Waals surface area (Å²) >= 11 is 0. The van der Waals surface area contributed by atoms with E-state index in [1.54, 1.807) is 0 Å². The molecule has 1 rings (SSSR count). The largest absolute Gasteiger partial charge is 0.462 e. The van der Waals surface area contributed by atoms with Crippen molar-refractivity contribution in [3.8, 4) is 0 Å². The van der Waals surface area contributed by atoms with Gasteiger partial charge in [0.05, 0.1) is 19.3 Å². The van der Waals surface area contributed by atoms with E-state index in [4.69, 9.17) is 14.6 Å².